The van der Waals surface area contributed by atoms with Crippen LogP contribution in [0.1, 0.15) is 44.6 Å². The summed E-state index contributed by atoms with van der Waals surface area (Å²) in [7, 11) is 0. The van der Waals surface area contributed by atoms with Crippen LogP contribution >= 0.6 is 11.6 Å². The molecule has 1 aliphatic carbocycles. The predicted molar refractivity (Wildman–Crippen MR) is 121 cm³/mol. The first-order valence-electron chi connectivity index (χ1n) is 10.7. The minimum Gasteiger partial charge on any atom is -0.481 e. The molecule has 0 bridgehead atoms. The van der Waals surface area contributed by atoms with Crippen LogP contribution in [-0.4, -0.2) is 36.4 Å². The summed E-state index contributed by atoms with van der Waals surface area (Å²) in [6.45, 7) is 5.83. The second kappa shape index (κ2) is 8.86. The third kappa shape index (κ3) is 5.08. The highest BCUT2D eigenvalue weighted by molar-refractivity contribution is 6.30. The van der Waals surface area contributed by atoms with Crippen LogP contribution in [0, 0.1) is 5.92 Å². The highest BCUT2D eigenvalue weighted by atomic mass is 35.5. The van der Waals surface area contributed by atoms with E-state index in [9.17, 15) is 9.90 Å². The van der Waals surface area contributed by atoms with E-state index in [1.54, 1.807) is 0 Å². The fraction of sp³-hybridized carbons (Fsp3) is 0.458. The van der Waals surface area contributed by atoms with E-state index in [-0.39, 0.29) is 24.5 Å². The number of nitrogens with one attached hydrogen (secondary N) is 1. The second-order valence-corrected chi connectivity index (χ2v) is 9.05. The molecule has 1 saturated carbocycles. The lowest BCUT2D eigenvalue weighted by atomic mass is 9.90. The lowest BCUT2D eigenvalue weighted by Crippen LogP contribution is -2.45. The number of ether oxygens (including phenoxy) is 1. The van der Waals surface area contributed by atoms with E-state index in [0.717, 1.165) is 48.6 Å². The molecule has 0 radical (unpaired) electrons. The van der Waals surface area contributed by atoms with Gasteiger partial charge in [0.15, 0.2) is 0 Å². The van der Waals surface area contributed by atoms with Crippen LogP contribution in [0.25, 0.3) is 0 Å². The Bertz CT molecular complexity index is 888. The van der Waals surface area contributed by atoms with E-state index in [0.29, 0.717) is 10.9 Å². The van der Waals surface area contributed by atoms with Crippen molar-refractivity contribution >= 4 is 34.6 Å². The van der Waals surface area contributed by atoms with Gasteiger partial charge in [0.25, 0.3) is 0 Å². The van der Waals surface area contributed by atoms with E-state index in [1.807, 2.05) is 24.3 Å². The molecule has 4 rings (SSSR count). The third-order valence-corrected chi connectivity index (χ3v) is 6.17. The Morgan fingerprint density at radius 1 is 1.17 bits per heavy atom. The molecule has 3 atom stereocenters. The van der Waals surface area contributed by atoms with Crippen molar-refractivity contribution < 1.29 is 14.6 Å². The molecule has 1 saturated heterocycles. The maximum Gasteiger partial charge on any atom is 0.303 e. The van der Waals surface area contributed by atoms with Gasteiger partial charge >= 0.3 is 5.97 Å². The summed E-state index contributed by atoms with van der Waals surface area (Å²) in [5.74, 6) is -0.206. The smallest absolute Gasteiger partial charge is 0.303 e. The Morgan fingerprint density at radius 3 is 2.43 bits per heavy atom. The number of carboxylic acid groups (broad SMARTS) is 1. The van der Waals surface area contributed by atoms with Crippen LogP contribution in [0.15, 0.2) is 42.5 Å². The Balaban J connectivity index is 1.69. The number of aliphatic carboxylic acids is 1. The first kappa shape index (κ1) is 21.0. The van der Waals surface area contributed by atoms with Gasteiger partial charge in [-0.15, -0.1) is 0 Å². The van der Waals surface area contributed by atoms with Crippen molar-refractivity contribution in [3.63, 3.8) is 0 Å². The van der Waals surface area contributed by atoms with Gasteiger partial charge in [-0.2, -0.15) is 0 Å². The van der Waals surface area contributed by atoms with E-state index >= 15 is 0 Å². The summed E-state index contributed by atoms with van der Waals surface area (Å²) < 4.78 is 5.91. The number of rotatable bonds is 7. The summed E-state index contributed by atoms with van der Waals surface area (Å²) in [5.41, 5.74) is 4.15. The summed E-state index contributed by atoms with van der Waals surface area (Å²) in [5, 5.41) is 13.7. The van der Waals surface area contributed by atoms with Gasteiger partial charge in [-0.25, -0.2) is 0 Å². The summed E-state index contributed by atoms with van der Waals surface area (Å²) in [6, 6.07) is 14.0. The monoisotopic (exact) mass is 428 g/mol. The molecule has 5 nitrogen and oxygen atoms in total. The van der Waals surface area contributed by atoms with Gasteiger partial charge in [-0.1, -0.05) is 17.7 Å². The van der Waals surface area contributed by atoms with Gasteiger partial charge < -0.3 is 20.1 Å². The minimum absolute atomic E-state index is 0.0601. The number of hydrogen-bond donors (Lipinski definition) is 2. The molecule has 160 valence electrons. The zero-order valence-electron chi connectivity index (χ0n) is 17.5. The lowest BCUT2D eigenvalue weighted by molar-refractivity contribution is -0.137. The average Bonchev–Trinajstić information content (AvgIpc) is 3.52. The van der Waals surface area contributed by atoms with Gasteiger partial charge in [0.1, 0.15) is 0 Å². The van der Waals surface area contributed by atoms with Crippen LogP contribution in [0.3, 0.4) is 0 Å². The Labute approximate surface area is 183 Å². The highest BCUT2D eigenvalue weighted by Gasteiger charge is 2.34. The zero-order chi connectivity index (χ0) is 21.3. The maximum atomic E-state index is 11.5. The van der Waals surface area contributed by atoms with Crippen molar-refractivity contribution in [2.45, 2.75) is 51.2 Å². The molecule has 0 spiro atoms. The fourth-order valence-corrected chi connectivity index (χ4v) is 4.59. The van der Waals surface area contributed by atoms with Gasteiger partial charge in [0.05, 0.1) is 30.0 Å². The molecule has 2 aromatic carbocycles. The van der Waals surface area contributed by atoms with Gasteiger partial charge in [0.2, 0.25) is 0 Å². The molecule has 2 aliphatic rings. The fourth-order valence-electron chi connectivity index (χ4n) is 4.47. The number of halogens is 1. The predicted octanol–water partition coefficient (Wildman–Crippen LogP) is 5.67. The molecular formula is C24H29ClN2O3. The van der Waals surface area contributed by atoms with Crippen molar-refractivity contribution in [1.29, 1.82) is 0 Å². The number of carboxylic acids is 1. The SMILES string of the molecule is C[C@@H]1CN(c2ccc(C(CC(=O)O)C3CC3)cc2Nc2ccc(Cl)cc2)C[C@H](C)O1. The van der Waals surface area contributed by atoms with E-state index < -0.39 is 5.97 Å². The van der Waals surface area contributed by atoms with E-state index in [2.05, 4.69) is 42.3 Å². The van der Waals surface area contributed by atoms with Crippen LogP contribution in [0.2, 0.25) is 5.02 Å². The molecule has 6 heteroatoms. The molecular weight excluding hydrogens is 400 g/mol. The third-order valence-electron chi connectivity index (χ3n) is 5.92. The molecule has 2 fully saturated rings. The number of nitrogens with zero attached hydrogens (tertiary/aromatic N) is 1. The highest BCUT2D eigenvalue weighted by Crippen LogP contribution is 2.46. The molecule has 1 heterocycles. The van der Waals surface area contributed by atoms with Gasteiger partial charge in [0, 0.05) is 23.8 Å². The number of benzene rings is 2. The molecule has 1 unspecified atom stereocenters. The average molecular weight is 429 g/mol. The molecule has 30 heavy (non-hydrogen) atoms. The van der Waals surface area contributed by atoms with Crippen LogP contribution in [-0.2, 0) is 9.53 Å². The van der Waals surface area contributed by atoms with Crippen molar-refractivity contribution in [3.05, 3.63) is 53.1 Å². The van der Waals surface area contributed by atoms with Crippen molar-refractivity contribution in [2.24, 2.45) is 5.92 Å². The van der Waals surface area contributed by atoms with Crippen molar-refractivity contribution in [2.75, 3.05) is 23.3 Å². The quantitative estimate of drug-likeness (QED) is 0.595. The van der Waals surface area contributed by atoms with E-state index in [1.165, 1.54) is 0 Å². The van der Waals surface area contributed by atoms with Crippen LogP contribution in [0.5, 0.6) is 0 Å². The molecule has 2 aromatic rings. The standard InChI is InChI=1S/C24H29ClN2O3/c1-15-13-27(14-16(2)30-15)23-10-5-18(21(12-24(28)29)17-3-4-17)11-22(23)26-20-8-6-19(25)7-9-20/h5-11,15-17,21,26H,3-4,12-14H2,1-2H3,(H,28,29)/t15-,16+,21?. The van der Waals surface area contributed by atoms with Gasteiger partial charge in [-0.05, 0) is 80.5 Å². The second-order valence-electron chi connectivity index (χ2n) is 8.61. The minimum atomic E-state index is -0.737. The lowest BCUT2D eigenvalue weighted by Gasteiger charge is -2.38. The topological polar surface area (TPSA) is 61.8 Å². The molecule has 0 amide bonds. The largest absolute Gasteiger partial charge is 0.481 e. The van der Waals surface area contributed by atoms with Crippen LogP contribution in [0.4, 0.5) is 17.1 Å². The van der Waals surface area contributed by atoms with Crippen LogP contribution < -0.4 is 10.2 Å². The van der Waals surface area contributed by atoms with Crippen molar-refractivity contribution in [3.8, 4) is 0 Å². The van der Waals surface area contributed by atoms with Gasteiger partial charge in [-0.3, -0.25) is 4.79 Å². The number of anilines is 3. The Kier molecular flexibility index (Phi) is 6.21. The first-order chi connectivity index (χ1) is 14.4. The molecule has 1 aliphatic heterocycles. The molecule has 2 N–H and O–H groups in total. The Hall–Kier alpha value is -2.24. The number of carbonyl (C=O) groups is 1. The zero-order valence-corrected chi connectivity index (χ0v) is 18.2. The maximum absolute atomic E-state index is 11.5. The summed E-state index contributed by atoms with van der Waals surface area (Å²) >= 11 is 6.05. The normalized spacial score (nSPS) is 22.6. The Morgan fingerprint density at radius 2 is 1.83 bits per heavy atom. The summed E-state index contributed by atoms with van der Waals surface area (Å²) in [6.07, 6.45) is 2.71. The number of morpholine rings is 1. The summed E-state index contributed by atoms with van der Waals surface area (Å²) in [4.78, 5) is 13.8. The first-order valence-corrected chi connectivity index (χ1v) is 11.1. The van der Waals surface area contributed by atoms with Crippen molar-refractivity contribution in [1.82, 2.24) is 0 Å². The van der Waals surface area contributed by atoms with E-state index in [4.69, 9.17) is 16.3 Å². The number of hydrogen-bond acceptors (Lipinski definition) is 4. The molecule has 0 aromatic heterocycles.